The fourth-order valence-electron chi connectivity index (χ4n) is 3.64. The third kappa shape index (κ3) is 3.26. The Bertz CT molecular complexity index is 797. The minimum atomic E-state index is -0.113. The molecule has 6 nitrogen and oxygen atoms in total. The van der Waals surface area contributed by atoms with Gasteiger partial charge in [-0.1, -0.05) is 11.6 Å². The van der Waals surface area contributed by atoms with Crippen LogP contribution in [0.1, 0.15) is 33.0 Å². The van der Waals surface area contributed by atoms with Crippen molar-refractivity contribution in [3.05, 3.63) is 45.6 Å². The van der Waals surface area contributed by atoms with E-state index in [1.807, 2.05) is 9.80 Å². The van der Waals surface area contributed by atoms with Crippen LogP contribution in [0, 0.1) is 5.92 Å². The monoisotopic (exact) mass is 376 g/mol. The second-order valence-corrected chi connectivity index (χ2v) is 8.17. The fourth-order valence-corrected chi connectivity index (χ4v) is 4.64. The normalized spacial score (nSPS) is 22.8. The van der Waals surface area contributed by atoms with Crippen molar-refractivity contribution in [3.63, 3.8) is 0 Å². The summed E-state index contributed by atoms with van der Waals surface area (Å²) in [6.07, 6.45) is 6.51. The maximum atomic E-state index is 12.9. The minimum absolute atomic E-state index is 0.0143. The first-order chi connectivity index (χ1) is 12.1. The zero-order valence-corrected chi connectivity index (χ0v) is 15.0. The van der Waals surface area contributed by atoms with E-state index >= 15 is 0 Å². The van der Waals surface area contributed by atoms with Crippen molar-refractivity contribution < 1.29 is 9.59 Å². The highest BCUT2D eigenvalue weighted by atomic mass is 35.5. The first-order valence-electron chi connectivity index (χ1n) is 8.23. The van der Waals surface area contributed by atoms with Crippen LogP contribution in [0.25, 0.3) is 0 Å². The summed E-state index contributed by atoms with van der Waals surface area (Å²) in [5.74, 6) is 0.192. The maximum Gasteiger partial charge on any atom is 0.274 e. The van der Waals surface area contributed by atoms with Gasteiger partial charge in [0.25, 0.3) is 11.8 Å². The summed E-state index contributed by atoms with van der Waals surface area (Å²) < 4.78 is 0.614. The van der Waals surface area contributed by atoms with E-state index in [9.17, 15) is 9.59 Å². The highest BCUT2D eigenvalue weighted by Gasteiger charge is 2.39. The Balaban J connectivity index is 1.54. The lowest BCUT2D eigenvalue weighted by Crippen LogP contribution is -2.47. The van der Waals surface area contributed by atoms with Crippen LogP contribution in [0.2, 0.25) is 4.34 Å². The number of halogens is 1. The Hall–Kier alpha value is -1.99. The molecule has 5 rings (SSSR count). The van der Waals surface area contributed by atoms with E-state index in [0.29, 0.717) is 40.5 Å². The van der Waals surface area contributed by atoms with E-state index in [1.165, 1.54) is 23.7 Å². The second kappa shape index (κ2) is 6.72. The van der Waals surface area contributed by atoms with Gasteiger partial charge in [-0.05, 0) is 30.9 Å². The Kier molecular flexibility index (Phi) is 4.43. The van der Waals surface area contributed by atoms with E-state index in [1.54, 1.807) is 18.3 Å². The first-order valence-corrected chi connectivity index (χ1v) is 9.43. The van der Waals surface area contributed by atoms with E-state index < -0.39 is 0 Å². The number of hydrogen-bond donors (Lipinski definition) is 0. The predicted octanol–water partition coefficient (Wildman–Crippen LogP) is 2.57. The number of piperidine rings is 1. The molecule has 3 aliphatic rings. The molecular weight excluding hydrogens is 360 g/mol. The van der Waals surface area contributed by atoms with Crippen LogP contribution in [0.4, 0.5) is 0 Å². The standard InChI is InChI=1S/C17H17ClN4O2S/c18-15-4-3-14(25-15)17(24)22-9-11-1-2-12(22)10-21(8-11)16(23)13-7-19-5-6-20-13/h3-7,11-12H,1-2,8-10H2/t11-,12+/m0/s1. The van der Waals surface area contributed by atoms with Crippen molar-refractivity contribution in [3.8, 4) is 0 Å². The van der Waals surface area contributed by atoms with Crippen LogP contribution in [-0.2, 0) is 0 Å². The molecule has 2 aromatic heterocycles. The summed E-state index contributed by atoms with van der Waals surface area (Å²) in [4.78, 5) is 38.1. The summed E-state index contributed by atoms with van der Waals surface area (Å²) in [6.45, 7) is 1.88. The van der Waals surface area contributed by atoms with Crippen LogP contribution in [0.5, 0.6) is 0 Å². The van der Waals surface area contributed by atoms with Crippen LogP contribution < -0.4 is 0 Å². The van der Waals surface area contributed by atoms with Crippen molar-refractivity contribution >= 4 is 34.8 Å². The quantitative estimate of drug-likeness (QED) is 0.807. The van der Waals surface area contributed by atoms with Gasteiger partial charge >= 0.3 is 0 Å². The molecule has 0 unspecified atom stereocenters. The summed E-state index contributed by atoms with van der Waals surface area (Å²) in [5, 5.41) is 0. The third-order valence-electron chi connectivity index (χ3n) is 4.83. The third-order valence-corrected chi connectivity index (χ3v) is 6.05. The van der Waals surface area contributed by atoms with E-state index in [-0.39, 0.29) is 17.9 Å². The number of hydrogen-bond acceptors (Lipinski definition) is 5. The van der Waals surface area contributed by atoms with Gasteiger partial charge in [0.15, 0.2) is 0 Å². The molecule has 0 N–H and O–H groups in total. The van der Waals surface area contributed by atoms with Gasteiger partial charge in [0, 0.05) is 38.1 Å². The predicted molar refractivity (Wildman–Crippen MR) is 94.8 cm³/mol. The van der Waals surface area contributed by atoms with E-state index in [0.717, 1.165) is 12.8 Å². The summed E-state index contributed by atoms with van der Waals surface area (Å²) >= 11 is 7.27. The first kappa shape index (κ1) is 16.5. The molecular formula is C17H17ClN4O2S. The van der Waals surface area contributed by atoms with Gasteiger partial charge in [0.05, 0.1) is 15.4 Å². The number of rotatable bonds is 2. The van der Waals surface area contributed by atoms with Gasteiger partial charge < -0.3 is 9.80 Å². The molecule has 25 heavy (non-hydrogen) atoms. The molecule has 2 aromatic rings. The van der Waals surface area contributed by atoms with Gasteiger partial charge in [0.2, 0.25) is 0 Å². The maximum absolute atomic E-state index is 12.9. The fraction of sp³-hybridized carbons (Fsp3) is 0.412. The molecule has 0 saturated carbocycles. The van der Waals surface area contributed by atoms with Gasteiger partial charge in [-0.2, -0.15) is 0 Å². The number of fused-ring (bicyclic) bond motifs is 4. The lowest BCUT2D eigenvalue weighted by molar-refractivity contribution is 0.0578. The smallest absolute Gasteiger partial charge is 0.274 e. The average Bonchev–Trinajstić information content (AvgIpc) is 2.88. The van der Waals surface area contributed by atoms with E-state index in [4.69, 9.17) is 11.6 Å². The number of carbonyl (C=O) groups excluding carboxylic acids is 2. The number of amides is 2. The van der Waals surface area contributed by atoms with Gasteiger partial charge in [-0.3, -0.25) is 14.6 Å². The molecule has 0 spiro atoms. The molecule has 2 bridgehead atoms. The molecule has 3 saturated heterocycles. The molecule has 2 atom stereocenters. The van der Waals surface area contributed by atoms with Crippen LogP contribution >= 0.6 is 22.9 Å². The number of thiophene rings is 1. The highest BCUT2D eigenvalue weighted by molar-refractivity contribution is 7.17. The van der Waals surface area contributed by atoms with Crippen LogP contribution in [0.3, 0.4) is 0 Å². The SMILES string of the molecule is O=C(c1cnccn1)N1C[C@@H]2CC[C@H](C1)N(C(=O)c1ccc(Cl)s1)C2. The Morgan fingerprint density at radius 3 is 2.72 bits per heavy atom. The molecule has 8 heteroatoms. The van der Waals surface area contributed by atoms with Gasteiger partial charge in [-0.25, -0.2) is 4.98 Å². The summed E-state index contributed by atoms with van der Waals surface area (Å²) in [6, 6.07) is 3.56. The van der Waals surface area contributed by atoms with Crippen molar-refractivity contribution in [1.29, 1.82) is 0 Å². The zero-order valence-electron chi connectivity index (χ0n) is 13.5. The van der Waals surface area contributed by atoms with Gasteiger partial charge in [-0.15, -0.1) is 11.3 Å². The van der Waals surface area contributed by atoms with Crippen LogP contribution in [0.15, 0.2) is 30.7 Å². The second-order valence-electron chi connectivity index (χ2n) is 6.46. The molecule has 2 amide bonds. The average molecular weight is 377 g/mol. The highest BCUT2D eigenvalue weighted by Crippen LogP contribution is 2.31. The molecule has 3 aliphatic heterocycles. The number of aromatic nitrogens is 2. The molecule has 0 aliphatic carbocycles. The Morgan fingerprint density at radius 1 is 1.12 bits per heavy atom. The summed E-state index contributed by atoms with van der Waals surface area (Å²) in [7, 11) is 0. The van der Waals surface area contributed by atoms with Crippen LogP contribution in [-0.4, -0.2) is 57.3 Å². The van der Waals surface area contributed by atoms with E-state index in [2.05, 4.69) is 9.97 Å². The molecule has 0 aromatic carbocycles. The largest absolute Gasteiger partial charge is 0.335 e. The number of nitrogens with zero attached hydrogens (tertiary/aromatic N) is 4. The Labute approximate surface area is 154 Å². The topological polar surface area (TPSA) is 66.4 Å². The van der Waals surface area contributed by atoms with Crippen molar-refractivity contribution in [2.75, 3.05) is 19.6 Å². The molecule has 3 fully saturated rings. The lowest BCUT2D eigenvalue weighted by atomic mass is 9.95. The summed E-state index contributed by atoms with van der Waals surface area (Å²) in [5.41, 5.74) is 0.353. The molecule has 0 radical (unpaired) electrons. The van der Waals surface area contributed by atoms with Crippen molar-refractivity contribution in [1.82, 2.24) is 19.8 Å². The van der Waals surface area contributed by atoms with Crippen molar-refractivity contribution in [2.45, 2.75) is 18.9 Å². The zero-order chi connectivity index (χ0) is 17.4. The van der Waals surface area contributed by atoms with Crippen molar-refractivity contribution in [2.24, 2.45) is 5.92 Å². The Morgan fingerprint density at radius 2 is 2.00 bits per heavy atom. The molecule has 5 heterocycles. The lowest BCUT2D eigenvalue weighted by Gasteiger charge is -2.35. The van der Waals surface area contributed by atoms with Gasteiger partial charge in [0.1, 0.15) is 5.69 Å². The number of carbonyl (C=O) groups is 2. The minimum Gasteiger partial charge on any atom is -0.335 e. The molecule has 130 valence electrons.